The molecule has 1 aliphatic heterocycles. The number of aliphatic hydroxyl groups is 2. The van der Waals surface area contributed by atoms with Gasteiger partial charge in [0.15, 0.2) is 21.2 Å². The summed E-state index contributed by atoms with van der Waals surface area (Å²) in [6.07, 6.45) is -4.09. The fourth-order valence-electron chi connectivity index (χ4n) is 5.75. The SMILES string of the molecule is COc1nc(N)nc2c1nc(I)n2[C@@H]1O[C@H](COP(=O)(N[C@@H](C(=O)OCC(C)(C)C)c2ccccc2)Oc2cccc3ccccc23)[C@@H](O)[C@@]1(C)O. The molecule has 5 aromatic rings. The number of nitrogens with zero attached hydrogens (tertiary/aromatic N) is 4. The number of nitrogens with one attached hydrogen (secondary N) is 1. The number of benzene rings is 3. The molecule has 0 bridgehead atoms. The van der Waals surface area contributed by atoms with E-state index in [1.807, 2.05) is 67.6 Å². The Hall–Kier alpha value is -3.90. The van der Waals surface area contributed by atoms with Gasteiger partial charge in [-0.1, -0.05) is 87.5 Å². The normalized spacial score (nSPS) is 22.3. The molecule has 15 nitrogen and oxygen atoms in total. The van der Waals surface area contributed by atoms with E-state index in [2.05, 4.69) is 20.0 Å². The second-order valence-electron chi connectivity index (χ2n) is 13.7. The van der Waals surface area contributed by atoms with Crippen molar-refractivity contribution < 1.29 is 42.8 Å². The number of rotatable bonds is 12. The Morgan fingerprint density at radius 1 is 1.10 bits per heavy atom. The number of anilines is 1. The predicted molar refractivity (Wildman–Crippen MR) is 200 cm³/mol. The van der Waals surface area contributed by atoms with Crippen LogP contribution in [0.15, 0.2) is 72.8 Å². The molecular formula is C35H40IN6O9P. The van der Waals surface area contributed by atoms with Crippen LogP contribution in [0.5, 0.6) is 11.6 Å². The summed E-state index contributed by atoms with van der Waals surface area (Å²) in [4.78, 5) is 26.5. The van der Waals surface area contributed by atoms with Crippen LogP contribution < -0.4 is 20.1 Å². The van der Waals surface area contributed by atoms with Crippen molar-refractivity contribution in [3.05, 3.63) is 82.2 Å². The van der Waals surface area contributed by atoms with Crippen LogP contribution in [0.4, 0.5) is 5.95 Å². The van der Waals surface area contributed by atoms with Crippen LogP contribution >= 0.6 is 30.3 Å². The fraction of sp³-hybridized carbons (Fsp3) is 0.371. The largest absolute Gasteiger partial charge is 0.479 e. The van der Waals surface area contributed by atoms with E-state index in [-0.39, 0.29) is 40.8 Å². The minimum Gasteiger partial charge on any atom is -0.479 e. The summed E-state index contributed by atoms with van der Waals surface area (Å²) in [6.45, 7) is 6.69. The molecule has 1 unspecified atom stereocenters. The van der Waals surface area contributed by atoms with Crippen molar-refractivity contribution in [2.45, 2.75) is 57.8 Å². The third-order valence-corrected chi connectivity index (χ3v) is 10.6. The molecule has 17 heteroatoms. The number of hydrogen-bond acceptors (Lipinski definition) is 13. The van der Waals surface area contributed by atoms with Crippen LogP contribution in [0.1, 0.15) is 45.5 Å². The average molecular weight is 847 g/mol. The molecule has 0 aliphatic carbocycles. The highest BCUT2D eigenvalue weighted by atomic mass is 127. The van der Waals surface area contributed by atoms with Crippen LogP contribution in [0.2, 0.25) is 0 Å². The molecule has 0 amide bonds. The maximum absolute atomic E-state index is 15.0. The molecule has 1 fully saturated rings. The van der Waals surface area contributed by atoms with Crippen molar-refractivity contribution in [1.29, 1.82) is 0 Å². The first-order valence-electron chi connectivity index (χ1n) is 16.3. The number of carbonyl (C=O) groups is 1. The van der Waals surface area contributed by atoms with E-state index in [0.29, 0.717) is 14.8 Å². The zero-order chi connectivity index (χ0) is 37.4. The van der Waals surface area contributed by atoms with Crippen LogP contribution in [0, 0.1) is 9.25 Å². The second kappa shape index (κ2) is 14.9. The molecule has 0 saturated carbocycles. The number of imidazole rings is 1. The van der Waals surface area contributed by atoms with E-state index in [9.17, 15) is 19.6 Å². The number of fused-ring (bicyclic) bond motifs is 2. The fourth-order valence-corrected chi connectivity index (χ4v) is 7.98. The Morgan fingerprint density at radius 3 is 2.50 bits per heavy atom. The summed E-state index contributed by atoms with van der Waals surface area (Å²) < 4.78 is 46.2. The zero-order valence-electron chi connectivity index (χ0n) is 29.1. The molecule has 5 N–H and O–H groups in total. The Labute approximate surface area is 313 Å². The van der Waals surface area contributed by atoms with Gasteiger partial charge in [-0.2, -0.15) is 15.1 Å². The first-order chi connectivity index (χ1) is 24.6. The van der Waals surface area contributed by atoms with E-state index in [0.717, 1.165) is 5.39 Å². The molecular weight excluding hydrogens is 806 g/mol. The van der Waals surface area contributed by atoms with Crippen molar-refractivity contribution in [3.63, 3.8) is 0 Å². The lowest BCUT2D eigenvalue weighted by Gasteiger charge is -2.28. The van der Waals surface area contributed by atoms with Crippen LogP contribution in [-0.4, -0.2) is 73.8 Å². The molecule has 52 heavy (non-hydrogen) atoms. The second-order valence-corrected chi connectivity index (χ2v) is 16.4. The number of aromatic nitrogens is 4. The number of nitrogen functional groups attached to an aromatic ring is 1. The highest BCUT2D eigenvalue weighted by molar-refractivity contribution is 14.1. The van der Waals surface area contributed by atoms with Crippen molar-refractivity contribution in [1.82, 2.24) is 24.6 Å². The number of carbonyl (C=O) groups excluding carboxylic acids is 1. The molecule has 3 heterocycles. The van der Waals surface area contributed by atoms with E-state index in [1.54, 1.807) is 48.5 Å². The molecule has 0 radical (unpaired) electrons. The Morgan fingerprint density at radius 2 is 1.79 bits per heavy atom. The molecule has 1 saturated heterocycles. The molecule has 6 rings (SSSR count). The number of halogens is 1. The van der Waals surface area contributed by atoms with Crippen molar-refractivity contribution in [3.8, 4) is 11.6 Å². The van der Waals surface area contributed by atoms with Gasteiger partial charge < -0.3 is 34.7 Å². The van der Waals surface area contributed by atoms with Gasteiger partial charge in [0.1, 0.15) is 29.6 Å². The van der Waals surface area contributed by atoms with Crippen LogP contribution in [-0.2, 0) is 23.4 Å². The molecule has 0 spiro atoms. The summed E-state index contributed by atoms with van der Waals surface area (Å²) in [5.74, 6) is -0.479. The lowest BCUT2D eigenvalue weighted by Crippen LogP contribution is -2.44. The van der Waals surface area contributed by atoms with E-state index in [4.69, 9.17) is 29.0 Å². The zero-order valence-corrected chi connectivity index (χ0v) is 32.1. The molecule has 6 atom stereocenters. The molecule has 2 aromatic heterocycles. The number of methoxy groups -OCH3 is 1. The maximum atomic E-state index is 15.0. The van der Waals surface area contributed by atoms with Crippen LogP contribution in [0.3, 0.4) is 0 Å². The van der Waals surface area contributed by atoms with Gasteiger partial charge in [0.25, 0.3) is 0 Å². The summed E-state index contributed by atoms with van der Waals surface area (Å²) >= 11 is 1.93. The van der Waals surface area contributed by atoms with Gasteiger partial charge >= 0.3 is 13.7 Å². The third kappa shape index (κ3) is 7.88. The topological polar surface area (TPSA) is 202 Å². The van der Waals surface area contributed by atoms with Gasteiger partial charge in [-0.25, -0.2) is 14.3 Å². The minimum atomic E-state index is -4.55. The summed E-state index contributed by atoms with van der Waals surface area (Å²) in [6, 6.07) is 19.9. The van der Waals surface area contributed by atoms with Gasteiger partial charge in [-0.3, -0.25) is 9.09 Å². The highest BCUT2D eigenvalue weighted by Gasteiger charge is 2.55. The van der Waals surface area contributed by atoms with E-state index < -0.39 is 50.4 Å². The van der Waals surface area contributed by atoms with Gasteiger partial charge in [-0.15, -0.1) is 0 Å². The Kier molecular flexibility index (Phi) is 10.8. The lowest BCUT2D eigenvalue weighted by molar-refractivity contribution is -0.148. The predicted octanol–water partition coefficient (Wildman–Crippen LogP) is 5.31. The number of nitrogens with two attached hydrogens (primary N) is 1. The first-order valence-corrected chi connectivity index (χ1v) is 18.9. The first kappa shape index (κ1) is 37.8. The average Bonchev–Trinajstić information content (AvgIpc) is 3.55. The Bertz CT molecular complexity index is 2120. The lowest BCUT2D eigenvalue weighted by atomic mass is 9.96. The summed E-state index contributed by atoms with van der Waals surface area (Å²) in [7, 11) is -3.14. The van der Waals surface area contributed by atoms with Gasteiger partial charge in [0.05, 0.1) is 20.3 Å². The Balaban J connectivity index is 1.34. The van der Waals surface area contributed by atoms with Crippen LogP contribution in [0.25, 0.3) is 21.9 Å². The number of aliphatic hydroxyl groups excluding tert-OH is 1. The molecule has 3 aromatic carbocycles. The monoisotopic (exact) mass is 846 g/mol. The van der Waals surface area contributed by atoms with E-state index in [1.165, 1.54) is 18.6 Å². The van der Waals surface area contributed by atoms with Crippen molar-refractivity contribution in [2.75, 3.05) is 26.1 Å². The third-order valence-electron chi connectivity index (χ3n) is 8.34. The quantitative estimate of drug-likeness (QED) is 0.0545. The van der Waals surface area contributed by atoms with Crippen molar-refractivity contribution in [2.24, 2.45) is 5.41 Å². The number of esters is 1. The number of hydrogen-bond donors (Lipinski definition) is 4. The van der Waals surface area contributed by atoms with Crippen molar-refractivity contribution >= 4 is 64.2 Å². The highest BCUT2D eigenvalue weighted by Crippen LogP contribution is 2.50. The summed E-state index contributed by atoms with van der Waals surface area (Å²) in [5, 5.41) is 27.4. The standard InChI is InChI=1S/C35H40IN6O9P/c1-34(2,3)19-48-30(44)25(21-13-7-6-8-14-21)41-52(46,51-23-17-11-15-20-12-9-10-16-22(20)23)49-18-24-27(43)35(4,45)31(50-24)42-28-26(38-32(42)36)29(47-5)40-33(37)39-28/h6-17,24-25,27,31,43,45H,18-19H2,1-5H3,(H,41,46)(H2,37,39,40)/t24-,25-,27-,31-,35-,52?/m1/s1. The smallest absolute Gasteiger partial charge is 0.459 e. The minimum absolute atomic E-state index is 0.0922. The van der Waals surface area contributed by atoms with E-state index >= 15 is 0 Å². The van der Waals surface area contributed by atoms with Gasteiger partial charge in [0, 0.05) is 28.0 Å². The van der Waals surface area contributed by atoms with Gasteiger partial charge in [0.2, 0.25) is 11.8 Å². The molecule has 1 aliphatic rings. The molecule has 276 valence electrons. The van der Waals surface area contributed by atoms with Gasteiger partial charge in [-0.05, 0) is 29.4 Å². The maximum Gasteiger partial charge on any atom is 0.459 e. The summed E-state index contributed by atoms with van der Waals surface area (Å²) in [5.41, 5.74) is 4.55. The number of ether oxygens (including phenoxy) is 3.